The van der Waals surface area contributed by atoms with Crippen molar-refractivity contribution in [2.24, 2.45) is 0 Å². The van der Waals surface area contributed by atoms with Gasteiger partial charge in [-0.2, -0.15) is 0 Å². The number of hydrogen-bond acceptors (Lipinski definition) is 4. The Bertz CT molecular complexity index is 308. The average Bonchev–Trinajstić information content (AvgIpc) is 2.36. The van der Waals surface area contributed by atoms with Crippen LogP contribution in [0.4, 0.5) is 0 Å². The molecule has 2 fully saturated rings. The van der Waals surface area contributed by atoms with Crippen LogP contribution in [0.1, 0.15) is 27.2 Å². The molecule has 0 aliphatic carbocycles. The van der Waals surface area contributed by atoms with Crippen LogP contribution in [0.2, 0.25) is 0 Å². The van der Waals surface area contributed by atoms with E-state index in [0.717, 1.165) is 32.6 Å². The number of nitrogens with zero attached hydrogens (tertiary/aromatic N) is 2. The van der Waals surface area contributed by atoms with E-state index in [-0.39, 0.29) is 38.8 Å². The van der Waals surface area contributed by atoms with Crippen molar-refractivity contribution in [1.29, 1.82) is 0 Å². The summed E-state index contributed by atoms with van der Waals surface area (Å²) in [6.45, 7) is 16.7. The first-order valence-corrected chi connectivity index (χ1v) is 10.2. The van der Waals surface area contributed by atoms with Crippen molar-refractivity contribution in [2.45, 2.75) is 51.6 Å². The molecular weight excluding hydrogens is 372 g/mol. The first-order valence-electron chi connectivity index (χ1n) is 8.04. The number of likely N-dealkylation sites (N-methyl/N-ethyl adjacent to an activating group) is 1. The molecule has 2 aliphatic rings. The minimum atomic E-state index is -0.507. The predicted molar refractivity (Wildman–Crippen MR) is 94.7 cm³/mol. The molecule has 0 N–H and O–H groups in total. The fourth-order valence-electron chi connectivity index (χ4n) is 2.86. The Morgan fingerprint density at radius 2 is 1.73 bits per heavy atom. The van der Waals surface area contributed by atoms with Crippen molar-refractivity contribution in [2.75, 3.05) is 39.9 Å². The van der Waals surface area contributed by atoms with Crippen LogP contribution >= 0.6 is 7.70 Å². The van der Waals surface area contributed by atoms with Gasteiger partial charge in [0, 0.05) is 52.3 Å². The minimum Gasteiger partial charge on any atom is -0.405 e. The maximum Gasteiger partial charge on any atom is 0.0706 e. The van der Waals surface area contributed by atoms with Crippen LogP contribution in [-0.4, -0.2) is 80.2 Å². The molecule has 2 rings (SSSR count). The van der Waals surface area contributed by atoms with Crippen molar-refractivity contribution in [3.05, 3.63) is 6.92 Å². The first kappa shape index (κ1) is 23.2. The Morgan fingerprint density at radius 3 is 2.18 bits per heavy atom. The Balaban J connectivity index is 0.000000397. The van der Waals surface area contributed by atoms with Gasteiger partial charge in [0.25, 0.3) is 0 Å². The second-order valence-electron chi connectivity index (χ2n) is 6.41. The summed E-state index contributed by atoms with van der Waals surface area (Å²) in [4.78, 5) is 2.24. The van der Waals surface area contributed by atoms with Crippen LogP contribution in [0.15, 0.2) is 0 Å². The topological polar surface area (TPSA) is 24.9 Å². The van der Waals surface area contributed by atoms with E-state index in [1.54, 1.807) is 0 Å². The van der Waals surface area contributed by atoms with Gasteiger partial charge < -0.3 is 21.3 Å². The van der Waals surface area contributed by atoms with E-state index in [4.69, 9.17) is 9.47 Å². The molecule has 0 aromatic rings. The molecule has 0 amide bonds. The Hall–Kier alpha value is 1.24. The predicted octanol–water partition coefficient (Wildman–Crippen LogP) is 2.21. The molecule has 5 atom stereocenters. The maximum absolute atomic E-state index is 5.76. The third kappa shape index (κ3) is 8.92. The molecule has 2 heterocycles. The van der Waals surface area contributed by atoms with Crippen LogP contribution in [0.5, 0.6) is 0 Å². The second kappa shape index (κ2) is 11.7. The largest absolute Gasteiger partial charge is 0.405 e. The van der Waals surface area contributed by atoms with Crippen molar-refractivity contribution in [1.82, 2.24) is 9.57 Å². The van der Waals surface area contributed by atoms with Gasteiger partial charge >= 0.3 is 0 Å². The zero-order valence-electron chi connectivity index (χ0n) is 15.0. The third-order valence-electron chi connectivity index (χ3n) is 3.83. The van der Waals surface area contributed by atoms with Gasteiger partial charge in [-0.05, 0) is 40.5 Å². The summed E-state index contributed by atoms with van der Waals surface area (Å²) in [6, 6.07) is 0. The van der Waals surface area contributed by atoms with E-state index in [9.17, 15) is 0 Å². The van der Waals surface area contributed by atoms with Crippen LogP contribution in [-0.2, 0) is 42.2 Å². The quantitative estimate of drug-likeness (QED) is 0.519. The number of hydrogen-bond donors (Lipinski definition) is 0. The number of ether oxygens (including phenoxy) is 2. The van der Waals surface area contributed by atoms with Gasteiger partial charge in [-0.25, -0.2) is 0 Å². The van der Waals surface area contributed by atoms with Crippen molar-refractivity contribution in [3.63, 3.8) is 0 Å². The molecule has 0 spiro atoms. The summed E-state index contributed by atoms with van der Waals surface area (Å²) >= 11 is 0. The molecule has 0 bridgehead atoms. The monoisotopic (exact) mass is 406 g/mol. The van der Waals surface area contributed by atoms with Crippen molar-refractivity contribution < 1.29 is 42.2 Å². The van der Waals surface area contributed by atoms with Crippen molar-refractivity contribution in [3.8, 4) is 0 Å². The second-order valence-corrected chi connectivity index (χ2v) is 8.51. The Kier molecular flexibility index (Phi) is 12.4. The average molecular weight is 406 g/mol. The van der Waals surface area contributed by atoms with Gasteiger partial charge in [0.15, 0.2) is 0 Å². The summed E-state index contributed by atoms with van der Waals surface area (Å²) in [5.74, 6) is 0. The van der Waals surface area contributed by atoms with Crippen LogP contribution in [0.3, 0.4) is 0 Å². The summed E-state index contributed by atoms with van der Waals surface area (Å²) < 4.78 is 13.7. The summed E-state index contributed by atoms with van der Waals surface area (Å²) in [7, 11) is 1.59. The van der Waals surface area contributed by atoms with Gasteiger partial charge in [-0.15, -0.1) is 0 Å². The zero-order valence-corrected chi connectivity index (χ0v) is 18.9. The van der Waals surface area contributed by atoms with E-state index in [0.29, 0.717) is 18.3 Å². The van der Waals surface area contributed by atoms with Gasteiger partial charge in [0.2, 0.25) is 0 Å². The zero-order chi connectivity index (χ0) is 16.0. The molecule has 0 aromatic heterocycles. The molecule has 1 radical (unpaired) electrons. The molecular formula is C16H34N2O2PY-. The van der Waals surface area contributed by atoms with E-state index in [2.05, 4.69) is 57.3 Å². The third-order valence-corrected chi connectivity index (χ3v) is 5.28. The molecule has 22 heavy (non-hydrogen) atoms. The Labute approximate surface area is 163 Å². The molecule has 2 saturated heterocycles. The fourth-order valence-corrected chi connectivity index (χ4v) is 3.94. The molecule has 129 valence electrons. The van der Waals surface area contributed by atoms with Crippen LogP contribution in [0.25, 0.3) is 0 Å². The Morgan fingerprint density at radius 1 is 1.14 bits per heavy atom. The fraction of sp³-hybridized carbons (Fsp3) is 0.875. The van der Waals surface area contributed by atoms with Crippen LogP contribution < -0.4 is 0 Å². The van der Waals surface area contributed by atoms with Crippen molar-refractivity contribution >= 4 is 14.0 Å². The van der Waals surface area contributed by atoms with Gasteiger partial charge in [0.05, 0.1) is 18.3 Å². The minimum absolute atomic E-state index is 0. The van der Waals surface area contributed by atoms with E-state index >= 15 is 0 Å². The van der Waals surface area contributed by atoms with Gasteiger partial charge in [-0.1, -0.05) is 27.0 Å². The SMILES string of the molecule is C=[PH](C)N1CC(C)OC(CC)C1.[CH2-]C1CN(C)CC(C)O1.[Y]. The molecule has 6 heteroatoms. The standard InChI is InChI=1S/C9H20NOP.C7H14NO.Y/c1-5-9-7-10(12(3)4)6-8(2)11-9;1-6-4-8(3)5-7(2)9-6;/h8-9,12H,3,5-7H2,1-2,4H3;6-7H,1,4-5H2,2-3H3;/q;-1;. The molecule has 0 saturated carbocycles. The smallest absolute Gasteiger partial charge is 0.0706 e. The normalized spacial score (nSPS) is 35.0. The number of rotatable bonds is 2. The summed E-state index contributed by atoms with van der Waals surface area (Å²) in [5.41, 5.74) is 0. The van der Waals surface area contributed by atoms with E-state index in [1.165, 1.54) is 0 Å². The van der Waals surface area contributed by atoms with Crippen LogP contribution in [0, 0.1) is 6.92 Å². The molecule has 4 nitrogen and oxygen atoms in total. The van der Waals surface area contributed by atoms with Gasteiger partial charge in [0.1, 0.15) is 0 Å². The summed E-state index contributed by atoms with van der Waals surface area (Å²) in [5, 5.41) is 0. The number of morpholine rings is 2. The molecule has 5 unspecified atom stereocenters. The van der Waals surface area contributed by atoms with E-state index < -0.39 is 7.70 Å². The first-order chi connectivity index (χ1) is 9.81. The van der Waals surface area contributed by atoms with Gasteiger partial charge in [-0.3, -0.25) is 4.67 Å². The van der Waals surface area contributed by atoms with E-state index in [1.807, 2.05) is 0 Å². The molecule has 0 aromatic carbocycles. The molecule has 2 aliphatic heterocycles. The summed E-state index contributed by atoms with van der Waals surface area (Å²) in [6.07, 6.45) is 6.61. The maximum atomic E-state index is 5.76.